The summed E-state index contributed by atoms with van der Waals surface area (Å²) in [6.45, 7) is 23.4. The van der Waals surface area contributed by atoms with Gasteiger partial charge in [-0.2, -0.15) is 0 Å². The van der Waals surface area contributed by atoms with Gasteiger partial charge in [0.15, 0.2) is 8.32 Å². The largest absolute Gasteiger partial charge is 0.469 e. The molecule has 0 saturated heterocycles. The monoisotopic (exact) mass is 641 g/mol. The van der Waals surface area contributed by atoms with Crippen LogP contribution in [0.25, 0.3) is 0 Å². The molecule has 0 aliphatic rings. The number of carbonyl (C=O) groups is 1. The van der Waals surface area contributed by atoms with Gasteiger partial charge in [0.1, 0.15) is 18.4 Å². The molecule has 0 unspecified atom stereocenters. The fourth-order valence-corrected chi connectivity index (χ4v) is 6.30. The lowest BCUT2D eigenvalue weighted by molar-refractivity contribution is -0.139. The summed E-state index contributed by atoms with van der Waals surface area (Å²) < 4.78 is 21.6. The van der Waals surface area contributed by atoms with Crippen molar-refractivity contribution in [2.75, 3.05) is 20.3 Å². The molecule has 11 heteroatoms. The van der Waals surface area contributed by atoms with E-state index in [1.807, 2.05) is 30.7 Å². The van der Waals surface area contributed by atoms with Gasteiger partial charge >= 0.3 is 5.97 Å². The van der Waals surface area contributed by atoms with Gasteiger partial charge in [0.25, 0.3) is 0 Å². The summed E-state index contributed by atoms with van der Waals surface area (Å²) in [7, 11) is -1.50. The second kappa shape index (κ2) is 16.1. The van der Waals surface area contributed by atoms with Crippen molar-refractivity contribution in [3.8, 4) is 0 Å². The Morgan fingerprint density at radius 1 is 0.864 bits per heavy atom. The van der Waals surface area contributed by atoms with Crippen molar-refractivity contribution in [2.45, 2.75) is 110 Å². The van der Waals surface area contributed by atoms with Crippen LogP contribution in [0, 0.1) is 0 Å². The van der Waals surface area contributed by atoms with Crippen LogP contribution in [0.5, 0.6) is 0 Å². The molecule has 0 N–H and O–H groups in total. The van der Waals surface area contributed by atoms with Gasteiger partial charge in [-0.05, 0) is 41.7 Å². The van der Waals surface area contributed by atoms with E-state index in [1.165, 1.54) is 7.11 Å². The Morgan fingerprint density at radius 2 is 1.45 bits per heavy atom. The maximum Gasteiger partial charge on any atom is 0.309 e. The number of rotatable bonds is 18. The van der Waals surface area contributed by atoms with Gasteiger partial charge in [-0.15, -0.1) is 0 Å². The molecule has 3 rings (SSSR count). The number of imidazole rings is 2. The van der Waals surface area contributed by atoms with Gasteiger partial charge in [0.2, 0.25) is 0 Å². The standard InChI is InChI=1S/C33H55N5O4Si2/c1-33(2,3)44(8,9)42-20-10-17-37-18-15-34-30(37)25-36(24-29-13-11-28(12-14-29)23-32(39)40-4)26-31-35-16-19-38(31)27-41-21-22-43(5,6)7/h11-16,18-19H,10,17,20-27H2,1-9H3. The predicted octanol–water partition coefficient (Wildman–Crippen LogP) is 6.72. The van der Waals surface area contributed by atoms with Gasteiger partial charge in [0, 0.05) is 59.2 Å². The van der Waals surface area contributed by atoms with E-state index < -0.39 is 16.4 Å². The molecule has 244 valence electrons. The Hall–Kier alpha value is -2.58. The average Bonchev–Trinajstić information content (AvgIpc) is 3.58. The van der Waals surface area contributed by atoms with E-state index in [9.17, 15) is 4.79 Å². The summed E-state index contributed by atoms with van der Waals surface area (Å²) in [4.78, 5) is 23.5. The van der Waals surface area contributed by atoms with Crippen molar-refractivity contribution in [2.24, 2.45) is 0 Å². The molecule has 3 aromatic rings. The Morgan fingerprint density at radius 3 is 2.05 bits per heavy atom. The first-order chi connectivity index (χ1) is 20.7. The van der Waals surface area contributed by atoms with Crippen molar-refractivity contribution >= 4 is 22.4 Å². The van der Waals surface area contributed by atoms with E-state index in [0.717, 1.165) is 55.0 Å². The highest BCUT2D eigenvalue weighted by Crippen LogP contribution is 2.36. The Balaban J connectivity index is 1.70. The van der Waals surface area contributed by atoms with Crippen LogP contribution in [0.3, 0.4) is 0 Å². The van der Waals surface area contributed by atoms with Crippen LogP contribution in [0.1, 0.15) is 50.0 Å². The molecule has 0 spiro atoms. The van der Waals surface area contributed by atoms with Crippen LogP contribution in [-0.2, 0) is 58.0 Å². The zero-order valence-electron chi connectivity index (χ0n) is 28.6. The van der Waals surface area contributed by atoms with E-state index >= 15 is 0 Å². The highest BCUT2D eigenvalue weighted by Gasteiger charge is 2.36. The molecule has 0 fully saturated rings. The molecule has 2 heterocycles. The van der Waals surface area contributed by atoms with Crippen LogP contribution in [-0.4, -0.2) is 66.7 Å². The topological polar surface area (TPSA) is 83.6 Å². The van der Waals surface area contributed by atoms with E-state index in [0.29, 0.717) is 26.4 Å². The van der Waals surface area contributed by atoms with Crippen molar-refractivity contribution in [3.63, 3.8) is 0 Å². The van der Waals surface area contributed by atoms with Gasteiger partial charge in [-0.1, -0.05) is 64.7 Å². The second-order valence-electron chi connectivity index (χ2n) is 14.4. The molecule has 1 aromatic carbocycles. The Labute approximate surface area is 267 Å². The van der Waals surface area contributed by atoms with Crippen LogP contribution in [0.2, 0.25) is 43.8 Å². The van der Waals surface area contributed by atoms with Crippen molar-refractivity contribution < 1.29 is 18.7 Å². The maximum atomic E-state index is 11.7. The molecular weight excluding hydrogens is 587 g/mol. The summed E-state index contributed by atoms with van der Waals surface area (Å²) in [5.74, 6) is 1.74. The minimum atomic E-state index is -1.77. The summed E-state index contributed by atoms with van der Waals surface area (Å²) in [6, 6.07) is 9.31. The lowest BCUT2D eigenvalue weighted by atomic mass is 10.1. The fourth-order valence-electron chi connectivity index (χ4n) is 4.45. The van der Waals surface area contributed by atoms with E-state index in [2.05, 4.69) is 85.9 Å². The van der Waals surface area contributed by atoms with Crippen LogP contribution in [0.4, 0.5) is 0 Å². The molecule has 0 aliphatic carbocycles. The number of hydrogen-bond acceptors (Lipinski definition) is 7. The third-order valence-corrected chi connectivity index (χ3v) is 14.6. The molecule has 9 nitrogen and oxygen atoms in total. The lowest BCUT2D eigenvalue weighted by Gasteiger charge is -2.36. The zero-order chi connectivity index (χ0) is 32.4. The Kier molecular flexibility index (Phi) is 13.2. The number of ether oxygens (including phenoxy) is 2. The van der Waals surface area contributed by atoms with Crippen molar-refractivity contribution in [1.29, 1.82) is 0 Å². The predicted molar refractivity (Wildman–Crippen MR) is 181 cm³/mol. The van der Waals surface area contributed by atoms with E-state index in [1.54, 1.807) is 0 Å². The first kappa shape index (κ1) is 35.9. The zero-order valence-corrected chi connectivity index (χ0v) is 30.6. The summed E-state index contributed by atoms with van der Waals surface area (Å²) in [5, 5.41) is 0.205. The number of benzene rings is 1. The molecule has 0 saturated carbocycles. The number of aromatic nitrogens is 4. The maximum absolute atomic E-state index is 11.7. The molecule has 44 heavy (non-hydrogen) atoms. The smallest absolute Gasteiger partial charge is 0.309 e. The summed E-state index contributed by atoms with van der Waals surface area (Å²) >= 11 is 0. The number of carbonyl (C=O) groups excluding carboxylic acids is 1. The van der Waals surface area contributed by atoms with Crippen molar-refractivity contribution in [3.05, 3.63) is 71.8 Å². The third kappa shape index (κ3) is 11.7. The molecule has 0 amide bonds. The molecule has 2 aromatic heterocycles. The van der Waals surface area contributed by atoms with Crippen LogP contribution < -0.4 is 0 Å². The van der Waals surface area contributed by atoms with E-state index in [4.69, 9.17) is 23.9 Å². The first-order valence-corrected chi connectivity index (χ1v) is 22.4. The average molecular weight is 642 g/mol. The SMILES string of the molecule is COC(=O)Cc1ccc(CN(Cc2nccn2CCCO[Si](C)(C)C(C)(C)C)Cc2nccn2COCC[Si](C)(C)C)cc1. The number of esters is 1. The number of nitrogens with zero attached hydrogens (tertiary/aromatic N) is 5. The highest BCUT2D eigenvalue weighted by atomic mass is 28.4. The number of hydrogen-bond donors (Lipinski definition) is 0. The summed E-state index contributed by atoms with van der Waals surface area (Å²) in [5.41, 5.74) is 2.10. The van der Waals surface area contributed by atoms with Gasteiger partial charge in [0.05, 0.1) is 26.6 Å². The summed E-state index contributed by atoms with van der Waals surface area (Å²) in [6.07, 6.45) is 9.00. The fraction of sp³-hybridized carbons (Fsp3) is 0.606. The lowest BCUT2D eigenvalue weighted by Crippen LogP contribution is -2.41. The first-order valence-electron chi connectivity index (χ1n) is 15.8. The highest BCUT2D eigenvalue weighted by molar-refractivity contribution is 6.76. The molecule has 0 aliphatic heterocycles. The van der Waals surface area contributed by atoms with Crippen LogP contribution in [0.15, 0.2) is 49.1 Å². The van der Waals surface area contributed by atoms with Gasteiger partial charge < -0.3 is 23.0 Å². The number of methoxy groups -OCH3 is 1. The van der Waals surface area contributed by atoms with Crippen LogP contribution >= 0.6 is 0 Å². The molecule has 0 radical (unpaired) electrons. The van der Waals surface area contributed by atoms with Crippen molar-refractivity contribution in [1.82, 2.24) is 24.0 Å². The third-order valence-electron chi connectivity index (χ3n) is 8.38. The molecule has 0 bridgehead atoms. The van der Waals surface area contributed by atoms with E-state index in [-0.39, 0.29) is 17.4 Å². The normalized spacial score (nSPS) is 12.7. The minimum Gasteiger partial charge on any atom is -0.469 e. The van der Waals surface area contributed by atoms with Gasteiger partial charge in [-0.3, -0.25) is 9.69 Å². The quantitative estimate of drug-likeness (QED) is 0.0866. The second-order valence-corrected chi connectivity index (χ2v) is 24.8. The number of aryl methyl sites for hydroxylation is 1. The molecular formula is C33H55N5O4Si2. The molecule has 0 atom stereocenters. The Bertz CT molecular complexity index is 1290. The minimum absolute atomic E-state index is 0.205. The van der Waals surface area contributed by atoms with Gasteiger partial charge in [-0.25, -0.2) is 9.97 Å².